The highest BCUT2D eigenvalue weighted by Crippen LogP contribution is 2.44. The summed E-state index contributed by atoms with van der Waals surface area (Å²) in [4.78, 5) is 23.1. The SMILES string of the molecule is Cc1c(C)c2c(c(C)c1OS(=O)(=O)O)CCC(C)(COc1ccc(CC3SC(=O)NC3=O)cc1)O2.N. The summed E-state index contributed by atoms with van der Waals surface area (Å²) in [7, 11) is -4.64. The van der Waals surface area contributed by atoms with Crippen molar-refractivity contribution in [1.82, 2.24) is 11.5 Å². The van der Waals surface area contributed by atoms with Gasteiger partial charge in [0.25, 0.3) is 5.24 Å². The molecule has 2 aromatic rings. The molecular formula is C24H30N2O8S2. The van der Waals surface area contributed by atoms with Crippen LogP contribution < -0.4 is 25.1 Å². The second-order valence-electron chi connectivity index (χ2n) is 9.09. The van der Waals surface area contributed by atoms with Crippen molar-refractivity contribution >= 4 is 33.3 Å². The number of carbonyl (C=O) groups is 2. The van der Waals surface area contributed by atoms with Crippen LogP contribution in [0.1, 0.15) is 41.2 Å². The first kappa shape index (κ1) is 27.8. The quantitative estimate of drug-likeness (QED) is 0.439. The maximum absolute atomic E-state index is 11.8. The van der Waals surface area contributed by atoms with Gasteiger partial charge in [-0.25, -0.2) is 0 Å². The molecule has 0 aliphatic carbocycles. The first-order chi connectivity index (χ1) is 16.3. The van der Waals surface area contributed by atoms with Crippen LogP contribution in [0.25, 0.3) is 0 Å². The van der Waals surface area contributed by atoms with Crippen molar-refractivity contribution in [2.45, 2.75) is 57.8 Å². The number of hydrogen-bond acceptors (Lipinski definition) is 9. The molecule has 2 aromatic carbocycles. The predicted molar refractivity (Wildman–Crippen MR) is 136 cm³/mol. The van der Waals surface area contributed by atoms with Crippen molar-refractivity contribution in [1.29, 1.82) is 0 Å². The normalized spacial score (nSPS) is 21.2. The van der Waals surface area contributed by atoms with Gasteiger partial charge in [-0.3, -0.25) is 19.5 Å². The predicted octanol–water partition coefficient (Wildman–Crippen LogP) is 4.01. The van der Waals surface area contributed by atoms with Gasteiger partial charge in [0.15, 0.2) is 5.75 Å². The molecule has 0 bridgehead atoms. The zero-order valence-corrected chi connectivity index (χ0v) is 22.2. The lowest BCUT2D eigenvalue weighted by atomic mass is 9.87. The third-order valence-electron chi connectivity index (χ3n) is 6.41. The number of nitrogens with one attached hydrogen (secondary N) is 1. The lowest BCUT2D eigenvalue weighted by Gasteiger charge is -2.37. The number of imide groups is 1. The molecule has 1 fully saturated rings. The molecule has 196 valence electrons. The number of carbonyl (C=O) groups excluding carboxylic acids is 2. The minimum absolute atomic E-state index is 0. The van der Waals surface area contributed by atoms with Crippen LogP contribution in [0.4, 0.5) is 4.79 Å². The van der Waals surface area contributed by atoms with E-state index in [1.165, 1.54) is 0 Å². The van der Waals surface area contributed by atoms with Crippen molar-refractivity contribution in [3.8, 4) is 17.2 Å². The Morgan fingerprint density at radius 3 is 2.39 bits per heavy atom. The van der Waals surface area contributed by atoms with Gasteiger partial charge in [0.2, 0.25) is 5.91 Å². The van der Waals surface area contributed by atoms with Gasteiger partial charge in [-0.05, 0) is 75.8 Å². The summed E-state index contributed by atoms with van der Waals surface area (Å²) in [6.07, 6.45) is 1.72. The Balaban J connectivity index is 0.00000361. The fraction of sp³-hybridized carbons (Fsp3) is 0.417. The van der Waals surface area contributed by atoms with E-state index in [4.69, 9.17) is 18.2 Å². The highest BCUT2D eigenvalue weighted by atomic mass is 32.3. The zero-order valence-electron chi connectivity index (χ0n) is 20.5. The molecule has 0 radical (unpaired) electrons. The molecule has 0 aromatic heterocycles. The molecule has 0 spiro atoms. The van der Waals surface area contributed by atoms with Gasteiger partial charge in [0.05, 0.1) is 5.25 Å². The molecule has 2 amide bonds. The van der Waals surface area contributed by atoms with Gasteiger partial charge in [0, 0.05) is 11.1 Å². The second-order valence-corrected chi connectivity index (χ2v) is 11.3. The molecule has 2 unspecified atom stereocenters. The molecule has 5 N–H and O–H groups in total. The number of fused-ring (bicyclic) bond motifs is 1. The maximum atomic E-state index is 11.8. The largest absolute Gasteiger partial charge is 0.489 e. The van der Waals surface area contributed by atoms with Crippen LogP contribution in [0.3, 0.4) is 0 Å². The summed E-state index contributed by atoms with van der Waals surface area (Å²) in [5.41, 5.74) is 3.11. The van der Waals surface area contributed by atoms with E-state index < -0.39 is 21.2 Å². The molecule has 0 saturated carbocycles. The molecular weight excluding hydrogens is 508 g/mol. The Kier molecular flexibility index (Phi) is 7.94. The topological polar surface area (TPSA) is 163 Å². The second kappa shape index (κ2) is 10.3. The van der Waals surface area contributed by atoms with Crippen LogP contribution in [0.2, 0.25) is 0 Å². The van der Waals surface area contributed by atoms with Crippen molar-refractivity contribution in [2.75, 3.05) is 6.61 Å². The molecule has 10 nitrogen and oxygen atoms in total. The van der Waals surface area contributed by atoms with Crippen LogP contribution in [-0.4, -0.2) is 41.6 Å². The van der Waals surface area contributed by atoms with Crippen molar-refractivity contribution in [3.63, 3.8) is 0 Å². The summed E-state index contributed by atoms with van der Waals surface area (Å²) >= 11 is 1.00. The number of benzene rings is 2. The molecule has 1 saturated heterocycles. The van der Waals surface area contributed by atoms with Crippen molar-refractivity contribution < 1.29 is 36.2 Å². The van der Waals surface area contributed by atoms with Gasteiger partial charge in [-0.2, -0.15) is 8.42 Å². The van der Waals surface area contributed by atoms with Crippen LogP contribution in [0.15, 0.2) is 24.3 Å². The smallest absolute Gasteiger partial charge is 0.446 e. The van der Waals surface area contributed by atoms with E-state index in [2.05, 4.69) is 5.32 Å². The highest BCUT2D eigenvalue weighted by molar-refractivity contribution is 8.15. The lowest BCUT2D eigenvalue weighted by molar-refractivity contribution is -0.118. The zero-order chi connectivity index (χ0) is 25.5. The van der Waals surface area contributed by atoms with Crippen LogP contribution in [-0.2, 0) is 28.0 Å². The van der Waals surface area contributed by atoms with Gasteiger partial charge in [-0.1, -0.05) is 23.9 Å². The Morgan fingerprint density at radius 2 is 1.81 bits per heavy atom. The molecule has 4 rings (SSSR count). The minimum atomic E-state index is -4.64. The van der Waals surface area contributed by atoms with E-state index >= 15 is 0 Å². The van der Waals surface area contributed by atoms with Gasteiger partial charge in [0.1, 0.15) is 23.7 Å². The fourth-order valence-corrected chi connectivity index (χ4v) is 5.63. The van der Waals surface area contributed by atoms with Crippen molar-refractivity contribution in [3.05, 3.63) is 52.1 Å². The molecule has 12 heteroatoms. The van der Waals surface area contributed by atoms with Gasteiger partial charge >= 0.3 is 10.4 Å². The van der Waals surface area contributed by atoms with Crippen molar-refractivity contribution in [2.24, 2.45) is 0 Å². The Labute approximate surface area is 214 Å². The van der Waals surface area contributed by atoms with Crippen LogP contribution in [0, 0.1) is 20.8 Å². The van der Waals surface area contributed by atoms with Crippen LogP contribution in [0.5, 0.6) is 17.2 Å². The van der Waals surface area contributed by atoms with Crippen LogP contribution >= 0.6 is 11.8 Å². The summed E-state index contributed by atoms with van der Waals surface area (Å²) in [6.45, 7) is 7.55. The number of rotatable bonds is 7. The van der Waals surface area contributed by atoms with E-state index in [1.807, 2.05) is 38.1 Å². The summed E-state index contributed by atoms with van der Waals surface area (Å²) in [5, 5.41) is 1.56. The standard InChI is InChI=1S/C24H27NO8S2.H3N/c1-13-14(2)21-18(15(3)20(13)33-35(28,29)30)9-10-24(4,32-21)12-31-17-7-5-16(6-8-17)11-19-22(26)25-23(27)34-19;/h5-8,19H,9-12H2,1-4H3,(H,25,26,27)(H,28,29,30);1H3. The summed E-state index contributed by atoms with van der Waals surface area (Å²) in [6, 6.07) is 7.40. The number of thioether (sulfide) groups is 1. The summed E-state index contributed by atoms with van der Waals surface area (Å²) in [5.74, 6) is 1.20. The first-order valence-corrected chi connectivity index (χ1v) is 13.3. The third-order valence-corrected chi connectivity index (χ3v) is 7.77. The molecule has 2 aliphatic heterocycles. The lowest BCUT2D eigenvalue weighted by Crippen LogP contribution is -2.42. The van der Waals surface area contributed by atoms with E-state index in [9.17, 15) is 18.0 Å². The fourth-order valence-electron chi connectivity index (χ4n) is 4.31. The Hall–Kier alpha value is -2.80. The van der Waals surface area contributed by atoms with E-state index in [1.54, 1.807) is 13.8 Å². The highest BCUT2D eigenvalue weighted by Gasteiger charge is 2.36. The van der Waals surface area contributed by atoms with E-state index in [0.29, 0.717) is 48.5 Å². The Bertz CT molecular complexity index is 1290. The van der Waals surface area contributed by atoms with E-state index in [-0.39, 0.29) is 23.0 Å². The number of hydrogen-bond donors (Lipinski definition) is 3. The summed E-state index contributed by atoms with van der Waals surface area (Å²) < 4.78 is 49.0. The molecule has 2 atom stereocenters. The van der Waals surface area contributed by atoms with Gasteiger partial charge < -0.3 is 19.8 Å². The van der Waals surface area contributed by atoms with Gasteiger partial charge in [-0.15, -0.1) is 0 Å². The number of amides is 2. The molecule has 2 aliphatic rings. The monoisotopic (exact) mass is 538 g/mol. The molecule has 36 heavy (non-hydrogen) atoms. The Morgan fingerprint density at radius 1 is 1.14 bits per heavy atom. The third kappa shape index (κ3) is 5.94. The minimum Gasteiger partial charge on any atom is -0.489 e. The average Bonchev–Trinajstić information content (AvgIpc) is 3.10. The maximum Gasteiger partial charge on any atom is 0.446 e. The molecule has 2 heterocycles. The van der Waals surface area contributed by atoms with E-state index in [0.717, 1.165) is 28.5 Å². The first-order valence-electron chi connectivity index (χ1n) is 11.1. The average molecular weight is 539 g/mol. The number of ether oxygens (including phenoxy) is 2.